The molecule has 0 bridgehead atoms. The lowest BCUT2D eigenvalue weighted by Gasteiger charge is -2.14. The van der Waals surface area contributed by atoms with Crippen molar-refractivity contribution in [3.8, 4) is 17.2 Å². The maximum absolute atomic E-state index is 13.9. The minimum absolute atomic E-state index is 0.0887. The fourth-order valence-electron chi connectivity index (χ4n) is 3.51. The van der Waals surface area contributed by atoms with Gasteiger partial charge in [-0.2, -0.15) is 13.2 Å². The molecule has 0 saturated heterocycles. The van der Waals surface area contributed by atoms with Crippen molar-refractivity contribution in [1.82, 2.24) is 0 Å². The fraction of sp³-hybridized carbons (Fsp3) is 0.185. The number of alkyl halides is 3. The summed E-state index contributed by atoms with van der Waals surface area (Å²) < 4.78 is 129. The summed E-state index contributed by atoms with van der Waals surface area (Å²) in [6, 6.07) is 7.44. The number of esters is 1. The van der Waals surface area contributed by atoms with E-state index in [9.17, 15) is 44.7 Å². The first-order chi connectivity index (χ1) is 19.3. The largest absolute Gasteiger partial charge is 0.489 e. The number of rotatable bonds is 8. The van der Waals surface area contributed by atoms with E-state index in [0.717, 1.165) is 30.3 Å². The minimum Gasteiger partial charge on any atom is -0.489 e. The zero-order chi connectivity index (χ0) is 30.1. The number of halogens is 8. The van der Waals surface area contributed by atoms with Crippen molar-refractivity contribution in [3.63, 3.8) is 0 Å². The summed E-state index contributed by atoms with van der Waals surface area (Å²) >= 11 is 0. The van der Waals surface area contributed by atoms with E-state index in [0.29, 0.717) is 6.42 Å². The van der Waals surface area contributed by atoms with Crippen LogP contribution in [0, 0.1) is 29.1 Å². The van der Waals surface area contributed by atoms with Crippen molar-refractivity contribution < 1.29 is 58.5 Å². The summed E-state index contributed by atoms with van der Waals surface area (Å²) in [7, 11) is 0. The fourth-order valence-corrected chi connectivity index (χ4v) is 3.51. The van der Waals surface area contributed by atoms with Gasteiger partial charge in [-0.05, 0) is 42.8 Å². The smallest absolute Gasteiger partial charge is 0.453 e. The Bertz CT molecular complexity index is 1650. The lowest BCUT2D eigenvalue weighted by atomic mass is 10.1. The van der Waals surface area contributed by atoms with Crippen LogP contribution in [0.15, 0.2) is 51.7 Å². The van der Waals surface area contributed by atoms with Gasteiger partial charge in [0.25, 0.3) is 5.76 Å². The Morgan fingerprint density at radius 1 is 0.854 bits per heavy atom. The van der Waals surface area contributed by atoms with Gasteiger partial charge in [-0.1, -0.05) is 6.92 Å². The van der Waals surface area contributed by atoms with Crippen molar-refractivity contribution in [3.05, 3.63) is 98.7 Å². The van der Waals surface area contributed by atoms with E-state index in [-0.39, 0.29) is 17.9 Å². The topological polar surface area (TPSA) is 75.0 Å². The van der Waals surface area contributed by atoms with Crippen molar-refractivity contribution in [1.29, 1.82) is 0 Å². The van der Waals surface area contributed by atoms with Gasteiger partial charge in [-0.15, -0.1) is 0 Å². The van der Waals surface area contributed by atoms with E-state index in [1.54, 1.807) is 6.92 Å². The Kier molecular flexibility index (Phi) is 8.22. The zero-order valence-electron chi connectivity index (χ0n) is 20.6. The van der Waals surface area contributed by atoms with Crippen molar-refractivity contribution in [2.24, 2.45) is 0 Å². The number of hydrogen-bond donors (Lipinski definition) is 0. The minimum atomic E-state index is -5.24. The molecule has 3 aromatic carbocycles. The first-order valence-corrected chi connectivity index (χ1v) is 11.6. The maximum atomic E-state index is 13.9. The summed E-state index contributed by atoms with van der Waals surface area (Å²) in [5.41, 5.74) is -3.17. The number of carbonyl (C=O) groups is 1. The molecular formula is C27H16F8O6. The van der Waals surface area contributed by atoms with Crippen molar-refractivity contribution >= 4 is 16.9 Å². The predicted octanol–water partition coefficient (Wildman–Crippen LogP) is 7.45. The normalized spacial score (nSPS) is 11.5. The highest BCUT2D eigenvalue weighted by molar-refractivity contribution is 5.89. The van der Waals surface area contributed by atoms with Gasteiger partial charge in [0.2, 0.25) is 17.0 Å². The average Bonchev–Trinajstić information content (AvgIpc) is 2.94. The summed E-state index contributed by atoms with van der Waals surface area (Å²) in [4.78, 5) is 24.9. The first kappa shape index (κ1) is 29.4. The van der Waals surface area contributed by atoms with Gasteiger partial charge >= 0.3 is 12.1 Å². The first-order valence-electron chi connectivity index (χ1n) is 11.6. The highest BCUT2D eigenvalue weighted by atomic mass is 19.4. The SMILES string of the molecule is CCCOC(=O)c1ccc(Oc2c(C(F)(F)F)oc3cc(OCc4c(F)c(F)c(F)c(F)c4F)ccc3c2=O)cc1. The van der Waals surface area contributed by atoms with Crippen LogP contribution in [0.3, 0.4) is 0 Å². The lowest BCUT2D eigenvalue weighted by molar-refractivity contribution is -0.154. The second kappa shape index (κ2) is 11.5. The maximum Gasteiger partial charge on any atom is 0.453 e. The van der Waals surface area contributed by atoms with Gasteiger partial charge in [0, 0.05) is 6.07 Å². The highest BCUT2D eigenvalue weighted by Gasteiger charge is 2.40. The van der Waals surface area contributed by atoms with Gasteiger partial charge in [0.05, 0.1) is 23.1 Å². The Morgan fingerprint density at radius 3 is 2.02 bits per heavy atom. The van der Waals surface area contributed by atoms with Crippen LogP contribution in [0.4, 0.5) is 35.1 Å². The van der Waals surface area contributed by atoms with E-state index in [1.165, 1.54) is 12.1 Å². The van der Waals surface area contributed by atoms with Gasteiger partial charge in [-0.3, -0.25) is 4.79 Å². The van der Waals surface area contributed by atoms with Gasteiger partial charge in [0.15, 0.2) is 23.3 Å². The average molecular weight is 588 g/mol. The monoisotopic (exact) mass is 588 g/mol. The molecule has 14 heteroatoms. The van der Waals surface area contributed by atoms with Crippen LogP contribution in [0.2, 0.25) is 0 Å². The molecule has 6 nitrogen and oxygen atoms in total. The predicted molar refractivity (Wildman–Crippen MR) is 125 cm³/mol. The molecule has 216 valence electrons. The summed E-state index contributed by atoms with van der Waals surface area (Å²) in [6.45, 7) is 0.747. The van der Waals surface area contributed by atoms with Crippen molar-refractivity contribution in [2.45, 2.75) is 26.1 Å². The molecule has 0 aliphatic carbocycles. The third-order valence-corrected chi connectivity index (χ3v) is 5.51. The number of ether oxygens (including phenoxy) is 3. The van der Waals surface area contributed by atoms with Gasteiger partial charge in [-0.25, -0.2) is 26.7 Å². The van der Waals surface area contributed by atoms with Crippen LogP contribution in [-0.2, 0) is 17.5 Å². The lowest BCUT2D eigenvalue weighted by Crippen LogP contribution is -2.15. The van der Waals surface area contributed by atoms with Gasteiger partial charge in [0.1, 0.15) is 23.7 Å². The summed E-state index contributed by atoms with van der Waals surface area (Å²) in [5, 5.41) is -0.420. The quantitative estimate of drug-likeness (QED) is 0.0922. The Balaban J connectivity index is 1.66. The molecule has 0 atom stereocenters. The molecule has 1 heterocycles. The molecule has 0 N–H and O–H groups in total. The van der Waals surface area contributed by atoms with E-state index in [1.807, 2.05) is 0 Å². The van der Waals surface area contributed by atoms with Gasteiger partial charge < -0.3 is 18.6 Å². The van der Waals surface area contributed by atoms with E-state index < -0.39 is 87.1 Å². The molecule has 0 saturated carbocycles. The molecule has 0 radical (unpaired) electrons. The van der Waals surface area contributed by atoms with Crippen LogP contribution in [0.5, 0.6) is 17.2 Å². The molecule has 0 aliphatic heterocycles. The van der Waals surface area contributed by atoms with E-state index in [4.69, 9.17) is 18.6 Å². The second-order valence-corrected chi connectivity index (χ2v) is 8.34. The molecular weight excluding hydrogens is 572 g/mol. The number of carbonyl (C=O) groups excluding carboxylic acids is 1. The number of benzene rings is 3. The molecule has 0 unspecified atom stereocenters. The Hall–Kier alpha value is -4.62. The molecule has 0 spiro atoms. The van der Waals surface area contributed by atoms with E-state index >= 15 is 0 Å². The Morgan fingerprint density at radius 2 is 1.44 bits per heavy atom. The summed E-state index contributed by atoms with van der Waals surface area (Å²) in [5.74, 6) is -15.5. The van der Waals surface area contributed by atoms with E-state index in [2.05, 4.69) is 0 Å². The number of hydrogen-bond acceptors (Lipinski definition) is 6. The van der Waals surface area contributed by atoms with Crippen molar-refractivity contribution in [2.75, 3.05) is 6.61 Å². The standard InChI is InChI=1S/C27H16F8O6/c1-2-9-38-26(37)12-3-5-13(6-4-12)40-24-23(36)15-8-7-14(10-17(15)41-25(24)27(33,34)35)39-11-16-18(28)20(30)22(32)21(31)19(16)29/h3-8,10H,2,9,11H2,1H3. The molecule has 0 fully saturated rings. The third kappa shape index (κ3) is 5.95. The van der Waals surface area contributed by atoms with Crippen LogP contribution in [0.25, 0.3) is 11.0 Å². The Labute approximate surface area is 224 Å². The summed E-state index contributed by atoms with van der Waals surface area (Å²) in [6.07, 6.45) is -4.66. The zero-order valence-corrected chi connectivity index (χ0v) is 20.6. The third-order valence-electron chi connectivity index (χ3n) is 5.51. The van der Waals surface area contributed by atoms with Crippen LogP contribution < -0.4 is 14.9 Å². The molecule has 0 aliphatic rings. The molecule has 4 rings (SSSR count). The highest BCUT2D eigenvalue weighted by Crippen LogP contribution is 2.39. The molecule has 4 aromatic rings. The second-order valence-electron chi connectivity index (χ2n) is 8.34. The number of fused-ring (bicyclic) bond motifs is 1. The molecule has 41 heavy (non-hydrogen) atoms. The van der Waals surface area contributed by atoms with Crippen LogP contribution >= 0.6 is 0 Å². The van der Waals surface area contributed by atoms with Crippen LogP contribution in [-0.4, -0.2) is 12.6 Å². The van der Waals surface area contributed by atoms with Crippen LogP contribution in [0.1, 0.15) is 35.0 Å². The molecule has 1 aromatic heterocycles. The molecule has 0 amide bonds.